The molecule has 2 fully saturated rings. The number of oxazole rings is 1. The first-order valence-corrected chi connectivity index (χ1v) is 11.3. The Kier molecular flexibility index (Phi) is 5.88. The average molecular weight is 441 g/mol. The van der Waals surface area contributed by atoms with Gasteiger partial charge in [0.05, 0.1) is 42.7 Å². The number of morpholine rings is 2. The van der Waals surface area contributed by atoms with Crippen LogP contribution in [0.4, 0.5) is 17.1 Å². The molecule has 2 aromatic heterocycles. The molecule has 0 radical (unpaired) electrons. The summed E-state index contributed by atoms with van der Waals surface area (Å²) in [4.78, 5) is 22.7. The Hall–Kier alpha value is -2.88. The number of ether oxygens (including phenoxy) is 2. The van der Waals surface area contributed by atoms with Gasteiger partial charge in [-0.05, 0) is 29.6 Å². The number of thiophene rings is 1. The van der Waals surface area contributed by atoms with Crippen LogP contribution in [0.5, 0.6) is 0 Å². The standard InChI is InChI=1S/C22H24N4O4S/c27-22(20-21(30-15-23-20)19-2-1-13-31-19)24-17-4-3-16(25-5-9-28-10-6-25)14-18(17)26-7-11-29-12-8-26/h1-4,13-15H,5-12H2,(H,24,27). The third-order valence-corrected chi connectivity index (χ3v) is 6.35. The van der Waals surface area contributed by atoms with Crippen LogP contribution in [0.15, 0.2) is 46.5 Å². The summed E-state index contributed by atoms with van der Waals surface area (Å²) in [5.41, 5.74) is 3.15. The van der Waals surface area contributed by atoms with Crippen LogP contribution in [0.1, 0.15) is 10.5 Å². The summed E-state index contributed by atoms with van der Waals surface area (Å²) in [5, 5.41) is 5.01. The van der Waals surface area contributed by atoms with Crippen molar-refractivity contribution in [3.05, 3.63) is 47.8 Å². The highest BCUT2D eigenvalue weighted by Gasteiger charge is 2.23. The number of amides is 1. The van der Waals surface area contributed by atoms with Crippen molar-refractivity contribution in [3.8, 4) is 10.6 Å². The first kappa shape index (κ1) is 20.0. The number of nitrogens with zero attached hydrogens (tertiary/aromatic N) is 3. The Morgan fingerprint density at radius 1 is 1.00 bits per heavy atom. The third kappa shape index (κ3) is 4.30. The van der Waals surface area contributed by atoms with Gasteiger partial charge >= 0.3 is 0 Å². The Morgan fingerprint density at radius 2 is 1.74 bits per heavy atom. The molecule has 1 amide bonds. The molecule has 0 atom stereocenters. The Labute approximate surface area is 184 Å². The van der Waals surface area contributed by atoms with Crippen LogP contribution in [-0.4, -0.2) is 63.5 Å². The highest BCUT2D eigenvalue weighted by Crippen LogP contribution is 2.33. The molecule has 0 unspecified atom stereocenters. The summed E-state index contributed by atoms with van der Waals surface area (Å²) in [5.74, 6) is 0.205. The summed E-state index contributed by atoms with van der Waals surface area (Å²) in [6.07, 6.45) is 1.31. The molecule has 0 aliphatic carbocycles. The highest BCUT2D eigenvalue weighted by molar-refractivity contribution is 7.13. The largest absolute Gasteiger partial charge is 0.442 e. The minimum absolute atomic E-state index is 0.285. The van der Waals surface area contributed by atoms with Crippen LogP contribution in [0.25, 0.3) is 10.6 Å². The molecular weight excluding hydrogens is 416 g/mol. The number of benzene rings is 1. The molecule has 0 spiro atoms. The predicted octanol–water partition coefficient (Wildman–Crippen LogP) is 3.33. The van der Waals surface area contributed by atoms with Gasteiger partial charge in [-0.15, -0.1) is 11.3 Å². The zero-order valence-electron chi connectivity index (χ0n) is 17.1. The molecule has 1 aromatic carbocycles. The number of hydrogen-bond acceptors (Lipinski definition) is 8. The maximum Gasteiger partial charge on any atom is 0.278 e. The average Bonchev–Trinajstić information content (AvgIpc) is 3.52. The molecule has 2 aliphatic rings. The van der Waals surface area contributed by atoms with Crippen molar-refractivity contribution in [2.45, 2.75) is 0 Å². The number of anilines is 3. The van der Waals surface area contributed by atoms with Crippen molar-refractivity contribution in [1.29, 1.82) is 0 Å². The van der Waals surface area contributed by atoms with E-state index in [9.17, 15) is 4.79 Å². The minimum atomic E-state index is -0.286. The Morgan fingerprint density at radius 3 is 2.45 bits per heavy atom. The lowest BCUT2D eigenvalue weighted by atomic mass is 10.1. The van der Waals surface area contributed by atoms with Crippen molar-refractivity contribution in [2.75, 3.05) is 67.7 Å². The van der Waals surface area contributed by atoms with E-state index in [0.717, 1.165) is 61.3 Å². The zero-order chi connectivity index (χ0) is 21.0. The van der Waals surface area contributed by atoms with E-state index in [2.05, 4.69) is 26.2 Å². The molecule has 2 saturated heterocycles. The van der Waals surface area contributed by atoms with Crippen LogP contribution in [0, 0.1) is 0 Å². The van der Waals surface area contributed by atoms with Gasteiger partial charge in [-0.25, -0.2) is 4.98 Å². The summed E-state index contributed by atoms with van der Waals surface area (Å²) >= 11 is 1.51. The van der Waals surface area contributed by atoms with Crippen LogP contribution in [0.3, 0.4) is 0 Å². The molecule has 1 N–H and O–H groups in total. The van der Waals surface area contributed by atoms with E-state index in [0.29, 0.717) is 19.0 Å². The van der Waals surface area contributed by atoms with Crippen molar-refractivity contribution >= 4 is 34.3 Å². The minimum Gasteiger partial charge on any atom is -0.442 e. The SMILES string of the molecule is O=C(Nc1ccc(N2CCOCC2)cc1N1CCOCC1)c1ncoc1-c1cccs1. The van der Waals surface area contributed by atoms with Crippen molar-refractivity contribution in [1.82, 2.24) is 4.98 Å². The molecule has 3 aromatic rings. The fourth-order valence-electron chi connectivity index (χ4n) is 3.88. The van der Waals surface area contributed by atoms with Gasteiger partial charge in [0.15, 0.2) is 17.8 Å². The number of nitrogens with one attached hydrogen (secondary N) is 1. The van der Waals surface area contributed by atoms with Gasteiger partial charge in [0.2, 0.25) is 0 Å². The first-order valence-electron chi connectivity index (χ1n) is 10.4. The zero-order valence-corrected chi connectivity index (χ0v) is 17.9. The molecule has 0 saturated carbocycles. The van der Waals surface area contributed by atoms with Crippen LogP contribution in [-0.2, 0) is 9.47 Å². The van der Waals surface area contributed by atoms with Crippen molar-refractivity contribution in [2.24, 2.45) is 0 Å². The molecule has 162 valence electrons. The smallest absolute Gasteiger partial charge is 0.278 e. The summed E-state index contributed by atoms with van der Waals surface area (Å²) in [6.45, 7) is 6.06. The second kappa shape index (κ2) is 9.09. The lowest BCUT2D eigenvalue weighted by Gasteiger charge is -2.33. The quantitative estimate of drug-likeness (QED) is 0.652. The topological polar surface area (TPSA) is 80.1 Å². The van der Waals surface area contributed by atoms with Gasteiger partial charge in [0, 0.05) is 31.9 Å². The van der Waals surface area contributed by atoms with Gasteiger partial charge < -0.3 is 29.0 Å². The van der Waals surface area contributed by atoms with Crippen molar-refractivity contribution in [3.63, 3.8) is 0 Å². The molecule has 8 nitrogen and oxygen atoms in total. The molecular formula is C22H24N4O4S. The summed E-state index contributed by atoms with van der Waals surface area (Å²) < 4.78 is 16.5. The van der Waals surface area contributed by atoms with E-state index < -0.39 is 0 Å². The Balaban J connectivity index is 1.44. The van der Waals surface area contributed by atoms with E-state index >= 15 is 0 Å². The lowest BCUT2D eigenvalue weighted by Crippen LogP contribution is -2.38. The third-order valence-electron chi connectivity index (χ3n) is 5.48. The van der Waals surface area contributed by atoms with Crippen LogP contribution in [0.2, 0.25) is 0 Å². The van der Waals surface area contributed by atoms with Gasteiger partial charge in [-0.1, -0.05) is 6.07 Å². The number of hydrogen-bond donors (Lipinski definition) is 1. The number of carbonyl (C=O) groups excluding carboxylic acids is 1. The fraction of sp³-hybridized carbons (Fsp3) is 0.364. The van der Waals surface area contributed by atoms with E-state index in [1.54, 1.807) is 0 Å². The monoisotopic (exact) mass is 440 g/mol. The van der Waals surface area contributed by atoms with E-state index in [1.165, 1.54) is 17.7 Å². The van der Waals surface area contributed by atoms with Gasteiger partial charge in [0.1, 0.15) is 0 Å². The number of carbonyl (C=O) groups is 1. The van der Waals surface area contributed by atoms with Gasteiger partial charge in [0.25, 0.3) is 5.91 Å². The van der Waals surface area contributed by atoms with Crippen molar-refractivity contribution < 1.29 is 18.7 Å². The Bertz CT molecular complexity index is 1020. The molecule has 4 heterocycles. The predicted molar refractivity (Wildman–Crippen MR) is 120 cm³/mol. The number of rotatable bonds is 5. The normalized spacial score (nSPS) is 17.0. The maximum atomic E-state index is 13.1. The lowest BCUT2D eigenvalue weighted by molar-refractivity contribution is 0.102. The van der Waals surface area contributed by atoms with Crippen LogP contribution < -0.4 is 15.1 Å². The summed E-state index contributed by atoms with van der Waals surface area (Å²) in [6, 6.07) is 10.0. The maximum absolute atomic E-state index is 13.1. The summed E-state index contributed by atoms with van der Waals surface area (Å²) in [7, 11) is 0. The first-order chi connectivity index (χ1) is 15.3. The van der Waals surface area contributed by atoms with Crippen LogP contribution >= 0.6 is 11.3 Å². The van der Waals surface area contributed by atoms with Gasteiger partial charge in [-0.3, -0.25) is 4.79 Å². The number of aromatic nitrogens is 1. The van der Waals surface area contributed by atoms with E-state index in [-0.39, 0.29) is 11.6 Å². The molecule has 9 heteroatoms. The molecule has 0 bridgehead atoms. The van der Waals surface area contributed by atoms with E-state index in [1.807, 2.05) is 29.6 Å². The second-order valence-corrected chi connectivity index (χ2v) is 8.31. The molecule has 31 heavy (non-hydrogen) atoms. The highest BCUT2D eigenvalue weighted by atomic mass is 32.1. The molecule has 5 rings (SSSR count). The van der Waals surface area contributed by atoms with Gasteiger partial charge in [-0.2, -0.15) is 0 Å². The fourth-order valence-corrected chi connectivity index (χ4v) is 4.59. The van der Waals surface area contributed by atoms with E-state index in [4.69, 9.17) is 13.9 Å². The molecule has 2 aliphatic heterocycles. The second-order valence-electron chi connectivity index (χ2n) is 7.36.